The van der Waals surface area contributed by atoms with Crippen molar-refractivity contribution >= 4 is 27.2 Å². The van der Waals surface area contributed by atoms with E-state index in [4.69, 9.17) is 11.6 Å². The van der Waals surface area contributed by atoms with Crippen LogP contribution in [0.25, 0.3) is 11.4 Å². The molecule has 25 heavy (non-hydrogen) atoms. The molecule has 0 amide bonds. The van der Waals surface area contributed by atoms with Gasteiger partial charge in [-0.1, -0.05) is 29.4 Å². The van der Waals surface area contributed by atoms with Crippen molar-refractivity contribution in [2.75, 3.05) is 25.2 Å². The van der Waals surface area contributed by atoms with Gasteiger partial charge in [-0.05, 0) is 11.6 Å². The number of benzene rings is 1. The lowest BCUT2D eigenvalue weighted by Gasteiger charge is -2.04. The van der Waals surface area contributed by atoms with E-state index in [1.165, 1.54) is 31.4 Å². The first-order valence-electron chi connectivity index (χ1n) is 6.86. The first kappa shape index (κ1) is 19.4. The SMILES string of the molecule is COCCS(=O)(=O)CC(=O)c1ccc(-c2noc(C(F)(F)Cl)n2)cc1. The number of carbonyl (C=O) groups excluding carboxylic acids is 1. The standard InChI is InChI=1S/C14H13ClF2N2O5S/c1-23-6-7-25(21,22)8-11(20)9-2-4-10(5-3-9)12-18-13(24-19-12)14(15,16)17/h2-5H,6-8H2,1H3. The Bertz CT molecular complexity index is 847. The number of Topliss-reactive ketones (excluding diaryl/α,β-unsaturated/α-hetero) is 1. The summed E-state index contributed by atoms with van der Waals surface area (Å²) in [4.78, 5) is 15.5. The maximum absolute atomic E-state index is 12.9. The Morgan fingerprint density at radius 3 is 2.48 bits per heavy atom. The average molecular weight is 395 g/mol. The van der Waals surface area contributed by atoms with E-state index >= 15 is 0 Å². The highest BCUT2D eigenvalue weighted by Crippen LogP contribution is 2.32. The van der Waals surface area contributed by atoms with Crippen molar-refractivity contribution in [2.24, 2.45) is 0 Å². The molecule has 0 saturated carbocycles. The second kappa shape index (κ2) is 7.54. The molecular formula is C14H13ClF2N2O5S. The van der Waals surface area contributed by atoms with E-state index in [0.717, 1.165) is 0 Å². The number of nitrogens with zero attached hydrogens (tertiary/aromatic N) is 2. The molecule has 0 N–H and O–H groups in total. The molecule has 1 heterocycles. The van der Waals surface area contributed by atoms with Crippen LogP contribution in [0.4, 0.5) is 8.78 Å². The van der Waals surface area contributed by atoms with Crippen LogP contribution in [0, 0.1) is 0 Å². The number of halogens is 3. The summed E-state index contributed by atoms with van der Waals surface area (Å²) in [6.07, 6.45) is 0. The van der Waals surface area contributed by atoms with Gasteiger partial charge >= 0.3 is 11.3 Å². The summed E-state index contributed by atoms with van der Waals surface area (Å²) < 4.78 is 58.2. The molecule has 1 aromatic carbocycles. The van der Waals surface area contributed by atoms with Gasteiger partial charge in [-0.3, -0.25) is 4.79 Å². The lowest BCUT2D eigenvalue weighted by atomic mass is 10.1. The summed E-state index contributed by atoms with van der Waals surface area (Å²) >= 11 is 4.78. The molecule has 2 rings (SSSR count). The largest absolute Gasteiger partial charge is 0.400 e. The quantitative estimate of drug-likeness (QED) is 0.500. The van der Waals surface area contributed by atoms with Crippen LogP contribution in [0.15, 0.2) is 28.8 Å². The van der Waals surface area contributed by atoms with Gasteiger partial charge < -0.3 is 9.26 Å². The monoisotopic (exact) mass is 394 g/mol. The number of methoxy groups -OCH3 is 1. The molecule has 0 saturated heterocycles. The van der Waals surface area contributed by atoms with E-state index in [-0.39, 0.29) is 23.7 Å². The fourth-order valence-corrected chi connectivity index (χ4v) is 3.03. The van der Waals surface area contributed by atoms with Crippen LogP contribution in [0.3, 0.4) is 0 Å². The number of ketones is 1. The second-order valence-corrected chi connectivity index (χ2v) is 7.67. The fourth-order valence-electron chi connectivity index (χ4n) is 1.83. The molecule has 7 nitrogen and oxygen atoms in total. The number of hydrogen-bond acceptors (Lipinski definition) is 7. The van der Waals surface area contributed by atoms with Crippen molar-refractivity contribution in [1.82, 2.24) is 10.1 Å². The van der Waals surface area contributed by atoms with Crippen molar-refractivity contribution in [1.29, 1.82) is 0 Å². The molecule has 0 bridgehead atoms. The highest BCUT2D eigenvalue weighted by atomic mass is 35.5. The minimum absolute atomic E-state index is 0.0000812. The van der Waals surface area contributed by atoms with Crippen LogP contribution in [-0.2, 0) is 20.0 Å². The van der Waals surface area contributed by atoms with Crippen LogP contribution >= 0.6 is 11.6 Å². The van der Waals surface area contributed by atoms with Crippen molar-refractivity contribution in [3.8, 4) is 11.4 Å². The predicted molar refractivity (Wildman–Crippen MR) is 84.3 cm³/mol. The Morgan fingerprint density at radius 2 is 1.96 bits per heavy atom. The Hall–Kier alpha value is -1.91. The smallest absolute Gasteiger partial charge is 0.384 e. The van der Waals surface area contributed by atoms with E-state index < -0.39 is 32.6 Å². The molecule has 0 spiro atoms. The minimum Gasteiger partial charge on any atom is -0.384 e. The second-order valence-electron chi connectivity index (χ2n) is 5.01. The number of carbonyl (C=O) groups is 1. The van der Waals surface area contributed by atoms with Gasteiger partial charge in [-0.2, -0.15) is 13.8 Å². The molecule has 0 aliphatic rings. The van der Waals surface area contributed by atoms with Gasteiger partial charge in [-0.25, -0.2) is 8.42 Å². The van der Waals surface area contributed by atoms with Gasteiger partial charge in [0.2, 0.25) is 5.82 Å². The molecule has 0 aliphatic carbocycles. The summed E-state index contributed by atoms with van der Waals surface area (Å²) in [5.41, 5.74) is 0.450. The van der Waals surface area contributed by atoms with Gasteiger partial charge in [0, 0.05) is 18.2 Å². The lowest BCUT2D eigenvalue weighted by molar-refractivity contribution is 0.0551. The van der Waals surface area contributed by atoms with Gasteiger partial charge in [0.1, 0.15) is 5.75 Å². The molecular weight excluding hydrogens is 382 g/mol. The third kappa shape index (κ3) is 5.28. The number of ether oxygens (including phenoxy) is 1. The average Bonchev–Trinajstić information content (AvgIpc) is 3.03. The first-order chi connectivity index (χ1) is 11.6. The number of aromatic nitrogens is 2. The van der Waals surface area contributed by atoms with Crippen molar-refractivity contribution < 1.29 is 31.3 Å². The minimum atomic E-state index is -3.78. The number of sulfone groups is 1. The Labute approximate surface area is 146 Å². The maximum atomic E-state index is 12.9. The molecule has 2 aromatic rings. The number of rotatable bonds is 8. The molecule has 1 aromatic heterocycles. The predicted octanol–water partition coefficient (Wildman–Crippen LogP) is 2.27. The van der Waals surface area contributed by atoms with Crippen LogP contribution in [0.1, 0.15) is 16.2 Å². The third-order valence-corrected chi connectivity index (χ3v) is 4.74. The van der Waals surface area contributed by atoms with Gasteiger partial charge in [0.15, 0.2) is 15.6 Å². The molecule has 11 heteroatoms. The maximum Gasteiger partial charge on any atom is 0.400 e. The van der Waals surface area contributed by atoms with Crippen molar-refractivity contribution in [3.63, 3.8) is 0 Å². The third-order valence-electron chi connectivity index (χ3n) is 3.08. The van der Waals surface area contributed by atoms with Crippen LogP contribution < -0.4 is 0 Å². The fraction of sp³-hybridized carbons (Fsp3) is 0.357. The molecule has 0 aliphatic heterocycles. The van der Waals surface area contributed by atoms with Crippen LogP contribution in [0.2, 0.25) is 0 Å². The van der Waals surface area contributed by atoms with Gasteiger partial charge in [0.25, 0.3) is 0 Å². The van der Waals surface area contributed by atoms with Crippen LogP contribution in [0.5, 0.6) is 0 Å². The summed E-state index contributed by atoms with van der Waals surface area (Å²) in [6.45, 7) is -0.0000812. The van der Waals surface area contributed by atoms with Crippen molar-refractivity contribution in [3.05, 3.63) is 35.7 Å². The van der Waals surface area contributed by atoms with E-state index in [1.54, 1.807) is 0 Å². The normalized spacial score (nSPS) is 12.3. The molecule has 0 atom stereocenters. The zero-order valence-corrected chi connectivity index (χ0v) is 14.5. The van der Waals surface area contributed by atoms with E-state index in [0.29, 0.717) is 5.56 Å². The molecule has 136 valence electrons. The lowest BCUT2D eigenvalue weighted by Crippen LogP contribution is -2.21. The van der Waals surface area contributed by atoms with Gasteiger partial charge in [0.05, 0.1) is 12.4 Å². The van der Waals surface area contributed by atoms with E-state index in [1.807, 2.05) is 0 Å². The molecule has 0 fully saturated rings. The highest BCUT2D eigenvalue weighted by Gasteiger charge is 2.35. The van der Waals surface area contributed by atoms with Crippen LogP contribution in [-0.4, -0.2) is 49.6 Å². The van der Waals surface area contributed by atoms with Gasteiger partial charge in [-0.15, -0.1) is 0 Å². The topological polar surface area (TPSA) is 99.4 Å². The first-order valence-corrected chi connectivity index (χ1v) is 9.06. The van der Waals surface area contributed by atoms with E-state index in [2.05, 4.69) is 19.4 Å². The summed E-state index contributed by atoms with van der Waals surface area (Å²) in [6, 6.07) is 5.46. The Balaban J connectivity index is 2.12. The summed E-state index contributed by atoms with van der Waals surface area (Å²) in [5.74, 6) is -2.69. The highest BCUT2D eigenvalue weighted by molar-refractivity contribution is 7.92. The zero-order chi connectivity index (χ0) is 18.7. The Morgan fingerprint density at radius 1 is 1.32 bits per heavy atom. The Kier molecular flexibility index (Phi) is 5.86. The number of hydrogen-bond donors (Lipinski definition) is 0. The summed E-state index contributed by atoms with van der Waals surface area (Å²) in [5, 5.41) is -0.405. The molecule has 0 unspecified atom stereocenters. The summed E-state index contributed by atoms with van der Waals surface area (Å²) in [7, 11) is -2.22. The molecule has 0 radical (unpaired) electrons. The zero-order valence-electron chi connectivity index (χ0n) is 12.9. The van der Waals surface area contributed by atoms with Crippen molar-refractivity contribution in [2.45, 2.75) is 5.38 Å². The number of alkyl halides is 3. The van der Waals surface area contributed by atoms with E-state index in [9.17, 15) is 22.0 Å².